The van der Waals surface area contributed by atoms with E-state index in [4.69, 9.17) is 0 Å². The SMILES string of the molecule is CCC(=O)NCc1ncnn1C. The molecule has 1 aromatic heterocycles. The molecule has 0 unspecified atom stereocenters. The van der Waals surface area contributed by atoms with Gasteiger partial charge in [-0.1, -0.05) is 6.92 Å². The first-order valence-corrected chi connectivity index (χ1v) is 3.83. The van der Waals surface area contributed by atoms with Crippen LogP contribution >= 0.6 is 0 Å². The Morgan fingerprint density at radius 2 is 2.50 bits per heavy atom. The average molecular weight is 168 g/mol. The normalized spacial score (nSPS) is 9.83. The van der Waals surface area contributed by atoms with Crippen molar-refractivity contribution in [2.24, 2.45) is 7.05 Å². The van der Waals surface area contributed by atoms with Gasteiger partial charge in [-0.2, -0.15) is 5.10 Å². The summed E-state index contributed by atoms with van der Waals surface area (Å²) in [6.07, 6.45) is 1.96. The Morgan fingerprint density at radius 1 is 1.75 bits per heavy atom. The molecule has 12 heavy (non-hydrogen) atoms. The van der Waals surface area contributed by atoms with Gasteiger partial charge in [0.25, 0.3) is 0 Å². The third-order valence-corrected chi connectivity index (χ3v) is 1.57. The summed E-state index contributed by atoms with van der Waals surface area (Å²) in [7, 11) is 1.79. The van der Waals surface area contributed by atoms with Gasteiger partial charge in [-0.25, -0.2) is 4.98 Å². The molecule has 0 aliphatic carbocycles. The van der Waals surface area contributed by atoms with Crippen LogP contribution in [0.25, 0.3) is 0 Å². The van der Waals surface area contributed by atoms with E-state index in [1.54, 1.807) is 11.7 Å². The van der Waals surface area contributed by atoms with Gasteiger partial charge in [-0.3, -0.25) is 9.48 Å². The first-order chi connectivity index (χ1) is 5.74. The van der Waals surface area contributed by atoms with Gasteiger partial charge >= 0.3 is 0 Å². The van der Waals surface area contributed by atoms with Crippen molar-refractivity contribution < 1.29 is 4.79 Å². The number of hydrogen-bond donors (Lipinski definition) is 1. The minimum atomic E-state index is 0.0259. The molecule has 1 N–H and O–H groups in total. The molecule has 1 heterocycles. The molecular formula is C7H12N4O. The molecule has 0 atom stereocenters. The van der Waals surface area contributed by atoms with Crippen molar-refractivity contribution in [3.63, 3.8) is 0 Å². The number of carbonyl (C=O) groups is 1. The maximum atomic E-state index is 10.8. The van der Waals surface area contributed by atoms with E-state index >= 15 is 0 Å². The zero-order chi connectivity index (χ0) is 8.97. The summed E-state index contributed by atoms with van der Waals surface area (Å²) in [5.41, 5.74) is 0. The van der Waals surface area contributed by atoms with E-state index in [2.05, 4.69) is 15.4 Å². The van der Waals surface area contributed by atoms with Crippen LogP contribution in [0.4, 0.5) is 0 Å². The van der Waals surface area contributed by atoms with Gasteiger partial charge in [0.15, 0.2) is 0 Å². The largest absolute Gasteiger partial charge is 0.349 e. The molecular weight excluding hydrogens is 156 g/mol. The van der Waals surface area contributed by atoms with Crippen LogP contribution in [0.1, 0.15) is 19.2 Å². The molecule has 0 aliphatic rings. The lowest BCUT2D eigenvalue weighted by Gasteiger charge is -2.01. The standard InChI is InChI=1S/C7H12N4O/c1-3-7(12)8-4-6-9-5-10-11(6)2/h5H,3-4H2,1-2H3,(H,8,12). The van der Waals surface area contributed by atoms with E-state index in [9.17, 15) is 4.79 Å². The van der Waals surface area contributed by atoms with E-state index < -0.39 is 0 Å². The Balaban J connectivity index is 2.43. The van der Waals surface area contributed by atoms with Gasteiger partial charge in [-0.05, 0) is 0 Å². The first kappa shape index (κ1) is 8.70. The maximum absolute atomic E-state index is 10.8. The molecule has 0 radical (unpaired) electrons. The van der Waals surface area contributed by atoms with Crippen molar-refractivity contribution in [3.8, 4) is 0 Å². The summed E-state index contributed by atoms with van der Waals surface area (Å²) in [5.74, 6) is 0.787. The lowest BCUT2D eigenvalue weighted by Crippen LogP contribution is -2.23. The lowest BCUT2D eigenvalue weighted by atomic mass is 10.4. The van der Waals surface area contributed by atoms with Gasteiger partial charge in [0.05, 0.1) is 6.54 Å². The van der Waals surface area contributed by atoms with Crippen LogP contribution in [0.3, 0.4) is 0 Å². The zero-order valence-corrected chi connectivity index (χ0v) is 7.24. The molecule has 0 aliphatic heterocycles. The summed E-state index contributed by atoms with van der Waals surface area (Å²) in [5, 5.41) is 6.59. The highest BCUT2D eigenvalue weighted by Crippen LogP contribution is 1.89. The second-order valence-electron chi connectivity index (χ2n) is 2.43. The first-order valence-electron chi connectivity index (χ1n) is 3.83. The number of rotatable bonds is 3. The van der Waals surface area contributed by atoms with Crippen LogP contribution in [0, 0.1) is 0 Å². The summed E-state index contributed by atoms with van der Waals surface area (Å²) in [6, 6.07) is 0. The second-order valence-corrected chi connectivity index (χ2v) is 2.43. The number of aromatic nitrogens is 3. The smallest absolute Gasteiger partial charge is 0.220 e. The zero-order valence-electron chi connectivity index (χ0n) is 7.24. The molecule has 5 nitrogen and oxygen atoms in total. The van der Waals surface area contributed by atoms with Crippen LogP contribution < -0.4 is 5.32 Å². The highest BCUT2D eigenvalue weighted by atomic mass is 16.1. The highest BCUT2D eigenvalue weighted by molar-refractivity contribution is 5.75. The topological polar surface area (TPSA) is 59.8 Å². The molecule has 0 fully saturated rings. The third kappa shape index (κ3) is 2.05. The monoisotopic (exact) mass is 168 g/mol. The number of nitrogens with zero attached hydrogens (tertiary/aromatic N) is 3. The van der Waals surface area contributed by atoms with Gasteiger partial charge in [0.2, 0.25) is 5.91 Å². The predicted molar refractivity (Wildman–Crippen MR) is 43.1 cm³/mol. The van der Waals surface area contributed by atoms with E-state index in [0.717, 1.165) is 5.82 Å². The van der Waals surface area contributed by atoms with Gasteiger partial charge in [0, 0.05) is 13.5 Å². The third-order valence-electron chi connectivity index (χ3n) is 1.57. The Bertz CT molecular complexity index is 268. The minimum Gasteiger partial charge on any atom is -0.349 e. The minimum absolute atomic E-state index is 0.0259. The molecule has 5 heteroatoms. The molecule has 1 amide bonds. The van der Waals surface area contributed by atoms with Gasteiger partial charge in [0.1, 0.15) is 12.2 Å². The Kier molecular flexibility index (Phi) is 2.79. The van der Waals surface area contributed by atoms with E-state index in [1.807, 2.05) is 6.92 Å². The second kappa shape index (κ2) is 3.85. The molecule has 0 aromatic carbocycles. The fourth-order valence-corrected chi connectivity index (χ4v) is 0.783. The van der Waals surface area contributed by atoms with Crippen molar-refractivity contribution in [1.29, 1.82) is 0 Å². The van der Waals surface area contributed by atoms with Crippen molar-refractivity contribution in [2.75, 3.05) is 0 Å². The van der Waals surface area contributed by atoms with Crippen molar-refractivity contribution in [3.05, 3.63) is 12.2 Å². The molecule has 0 spiro atoms. The number of nitrogens with one attached hydrogen (secondary N) is 1. The summed E-state index contributed by atoms with van der Waals surface area (Å²) in [6.45, 7) is 2.26. The maximum Gasteiger partial charge on any atom is 0.220 e. The van der Waals surface area contributed by atoms with Crippen LogP contribution in [0.5, 0.6) is 0 Å². The molecule has 0 bridgehead atoms. The predicted octanol–water partition coefficient (Wildman–Crippen LogP) is -0.159. The number of aryl methyl sites for hydroxylation is 1. The number of amides is 1. The summed E-state index contributed by atoms with van der Waals surface area (Å²) >= 11 is 0. The van der Waals surface area contributed by atoms with E-state index in [1.165, 1.54) is 6.33 Å². The number of carbonyl (C=O) groups excluding carboxylic acids is 1. The lowest BCUT2D eigenvalue weighted by molar-refractivity contribution is -0.120. The Hall–Kier alpha value is -1.39. The Morgan fingerprint density at radius 3 is 3.00 bits per heavy atom. The average Bonchev–Trinajstić information content (AvgIpc) is 2.47. The Labute approximate surface area is 70.8 Å². The molecule has 0 saturated heterocycles. The summed E-state index contributed by atoms with van der Waals surface area (Å²) < 4.78 is 1.63. The summed E-state index contributed by atoms with van der Waals surface area (Å²) in [4.78, 5) is 14.8. The van der Waals surface area contributed by atoms with Crippen molar-refractivity contribution in [2.45, 2.75) is 19.9 Å². The fourth-order valence-electron chi connectivity index (χ4n) is 0.783. The highest BCUT2D eigenvalue weighted by Gasteiger charge is 2.01. The van der Waals surface area contributed by atoms with Crippen LogP contribution in [-0.4, -0.2) is 20.7 Å². The van der Waals surface area contributed by atoms with E-state index in [-0.39, 0.29) is 5.91 Å². The molecule has 1 aromatic rings. The molecule has 0 saturated carbocycles. The fraction of sp³-hybridized carbons (Fsp3) is 0.571. The number of hydrogen-bond acceptors (Lipinski definition) is 3. The van der Waals surface area contributed by atoms with Crippen LogP contribution in [-0.2, 0) is 18.4 Å². The van der Waals surface area contributed by atoms with E-state index in [0.29, 0.717) is 13.0 Å². The van der Waals surface area contributed by atoms with Crippen molar-refractivity contribution in [1.82, 2.24) is 20.1 Å². The van der Waals surface area contributed by atoms with Gasteiger partial charge < -0.3 is 5.32 Å². The molecule has 66 valence electrons. The quantitative estimate of drug-likeness (QED) is 0.682. The molecule has 1 rings (SSSR count). The van der Waals surface area contributed by atoms with Gasteiger partial charge in [-0.15, -0.1) is 0 Å². The van der Waals surface area contributed by atoms with Crippen molar-refractivity contribution >= 4 is 5.91 Å². The van der Waals surface area contributed by atoms with Crippen LogP contribution in [0.2, 0.25) is 0 Å². The van der Waals surface area contributed by atoms with Crippen LogP contribution in [0.15, 0.2) is 6.33 Å².